The van der Waals surface area contributed by atoms with Crippen LogP contribution in [-0.2, 0) is 17.8 Å². The lowest BCUT2D eigenvalue weighted by Crippen LogP contribution is -2.33. The molecule has 0 aliphatic carbocycles. The molecule has 7 heteroatoms. The number of amides is 1. The molecule has 0 spiro atoms. The molecule has 3 rings (SSSR count). The van der Waals surface area contributed by atoms with E-state index in [1.54, 1.807) is 6.20 Å². The summed E-state index contributed by atoms with van der Waals surface area (Å²) in [6.45, 7) is 2.12. The monoisotopic (exact) mass is 322 g/mol. The lowest BCUT2D eigenvalue weighted by atomic mass is 10.0. The molecule has 1 atom stereocenters. The highest BCUT2D eigenvalue weighted by molar-refractivity contribution is 5.76. The van der Waals surface area contributed by atoms with Crippen molar-refractivity contribution < 1.29 is 4.79 Å². The number of hydrogen-bond donors (Lipinski definition) is 1. The molecule has 2 aromatic heterocycles. The molecule has 0 bridgehead atoms. The van der Waals surface area contributed by atoms with Gasteiger partial charge >= 0.3 is 0 Å². The van der Waals surface area contributed by atoms with Gasteiger partial charge in [-0.25, -0.2) is 4.68 Å². The first-order chi connectivity index (χ1) is 11.7. The standard InChI is InChI=1S/C17H18N6O/c1-13-5-7-14(8-6-13)10-16(15-4-2-3-9-18-15)20-17(24)11-23-12-19-21-22-23/h2-9,12,16H,10-11H2,1H3,(H,20,24)/t16-/m1/s1. The normalized spacial score (nSPS) is 11.9. The highest BCUT2D eigenvalue weighted by Gasteiger charge is 2.17. The van der Waals surface area contributed by atoms with Crippen LogP contribution in [0.4, 0.5) is 0 Å². The minimum Gasteiger partial charge on any atom is -0.346 e. The second-order valence-corrected chi connectivity index (χ2v) is 5.57. The van der Waals surface area contributed by atoms with Crippen LogP contribution in [0.15, 0.2) is 55.0 Å². The van der Waals surface area contributed by atoms with Crippen LogP contribution in [0, 0.1) is 6.92 Å². The highest BCUT2D eigenvalue weighted by Crippen LogP contribution is 2.17. The van der Waals surface area contributed by atoms with Crippen molar-refractivity contribution in [2.45, 2.75) is 25.9 Å². The van der Waals surface area contributed by atoms with Gasteiger partial charge in [-0.05, 0) is 41.5 Å². The van der Waals surface area contributed by atoms with Crippen LogP contribution >= 0.6 is 0 Å². The van der Waals surface area contributed by atoms with Crippen LogP contribution in [0.25, 0.3) is 0 Å². The van der Waals surface area contributed by atoms with Crippen LogP contribution in [-0.4, -0.2) is 31.1 Å². The number of carbonyl (C=O) groups is 1. The number of hydrogen-bond acceptors (Lipinski definition) is 5. The Balaban J connectivity index is 1.74. The molecule has 1 aromatic carbocycles. The van der Waals surface area contributed by atoms with E-state index in [1.165, 1.54) is 16.6 Å². The molecule has 1 N–H and O–H groups in total. The zero-order valence-electron chi connectivity index (χ0n) is 13.3. The van der Waals surface area contributed by atoms with Crippen LogP contribution in [0.1, 0.15) is 22.9 Å². The first-order valence-electron chi connectivity index (χ1n) is 7.67. The SMILES string of the molecule is Cc1ccc(C[C@@H](NC(=O)Cn2cnnn2)c2ccccn2)cc1. The Kier molecular flexibility index (Phi) is 4.90. The van der Waals surface area contributed by atoms with Gasteiger partial charge in [0.15, 0.2) is 0 Å². The molecule has 0 fully saturated rings. The molecule has 0 unspecified atom stereocenters. The van der Waals surface area contributed by atoms with Gasteiger partial charge in [0.25, 0.3) is 0 Å². The predicted molar refractivity (Wildman–Crippen MR) is 87.8 cm³/mol. The van der Waals surface area contributed by atoms with Gasteiger partial charge in [-0.2, -0.15) is 0 Å². The van der Waals surface area contributed by atoms with Crippen LogP contribution in [0.5, 0.6) is 0 Å². The lowest BCUT2D eigenvalue weighted by molar-refractivity contribution is -0.122. The molecule has 0 saturated carbocycles. The van der Waals surface area contributed by atoms with Gasteiger partial charge in [-0.15, -0.1) is 5.10 Å². The number of benzene rings is 1. The molecule has 2 heterocycles. The number of pyridine rings is 1. The topological polar surface area (TPSA) is 85.6 Å². The summed E-state index contributed by atoms with van der Waals surface area (Å²) in [5.41, 5.74) is 3.16. The van der Waals surface area contributed by atoms with Gasteiger partial charge in [0.2, 0.25) is 5.91 Å². The third-order valence-electron chi connectivity index (χ3n) is 3.64. The zero-order chi connectivity index (χ0) is 16.8. The maximum atomic E-state index is 12.3. The summed E-state index contributed by atoms with van der Waals surface area (Å²) in [6, 6.07) is 13.7. The molecule has 3 aromatic rings. The van der Waals surface area contributed by atoms with Crippen molar-refractivity contribution >= 4 is 5.91 Å². The maximum absolute atomic E-state index is 12.3. The third kappa shape index (κ3) is 4.22. The largest absolute Gasteiger partial charge is 0.346 e. The van der Waals surface area contributed by atoms with Crippen molar-refractivity contribution in [2.24, 2.45) is 0 Å². The van der Waals surface area contributed by atoms with E-state index in [2.05, 4.69) is 50.1 Å². The summed E-state index contributed by atoms with van der Waals surface area (Å²) in [5, 5.41) is 13.8. The fourth-order valence-corrected chi connectivity index (χ4v) is 2.41. The van der Waals surface area contributed by atoms with E-state index in [0.717, 1.165) is 11.3 Å². The Labute approximate surface area is 139 Å². The van der Waals surface area contributed by atoms with Crippen LogP contribution in [0.2, 0.25) is 0 Å². The van der Waals surface area contributed by atoms with E-state index in [9.17, 15) is 4.79 Å². The van der Waals surface area contributed by atoms with Gasteiger partial charge < -0.3 is 5.32 Å². The molecule has 0 aliphatic rings. The van der Waals surface area contributed by atoms with Crippen molar-refractivity contribution in [3.63, 3.8) is 0 Å². The summed E-state index contributed by atoms with van der Waals surface area (Å²) in [5.74, 6) is -0.162. The molecular formula is C17H18N6O. The minimum absolute atomic E-state index is 0.0736. The van der Waals surface area contributed by atoms with Crippen molar-refractivity contribution in [3.8, 4) is 0 Å². The summed E-state index contributed by atoms with van der Waals surface area (Å²) < 4.78 is 1.39. The average Bonchev–Trinajstić information content (AvgIpc) is 3.10. The van der Waals surface area contributed by atoms with Gasteiger partial charge in [-0.1, -0.05) is 35.9 Å². The fourth-order valence-electron chi connectivity index (χ4n) is 2.41. The Morgan fingerprint density at radius 3 is 2.71 bits per heavy atom. The number of tetrazole rings is 1. The lowest BCUT2D eigenvalue weighted by Gasteiger charge is -2.18. The van der Waals surface area contributed by atoms with E-state index >= 15 is 0 Å². The van der Waals surface area contributed by atoms with Gasteiger partial charge in [0.1, 0.15) is 12.9 Å². The van der Waals surface area contributed by atoms with Crippen molar-refractivity contribution in [1.82, 2.24) is 30.5 Å². The van der Waals surface area contributed by atoms with Crippen LogP contribution < -0.4 is 5.32 Å². The van der Waals surface area contributed by atoms with Crippen molar-refractivity contribution in [3.05, 3.63) is 71.8 Å². The third-order valence-corrected chi connectivity index (χ3v) is 3.64. The molecular weight excluding hydrogens is 304 g/mol. The van der Waals surface area contributed by atoms with Gasteiger partial charge in [-0.3, -0.25) is 9.78 Å². The first-order valence-corrected chi connectivity index (χ1v) is 7.67. The minimum atomic E-state index is -0.210. The number of carbonyl (C=O) groups excluding carboxylic acids is 1. The molecule has 0 saturated heterocycles. The van der Waals surface area contributed by atoms with E-state index < -0.39 is 0 Å². The number of aryl methyl sites for hydroxylation is 1. The molecule has 7 nitrogen and oxygen atoms in total. The second-order valence-electron chi connectivity index (χ2n) is 5.57. The number of rotatable bonds is 6. The Bertz CT molecular complexity index is 771. The number of nitrogens with zero attached hydrogens (tertiary/aromatic N) is 5. The zero-order valence-corrected chi connectivity index (χ0v) is 13.3. The molecule has 1 amide bonds. The Morgan fingerprint density at radius 2 is 2.04 bits per heavy atom. The van der Waals surface area contributed by atoms with E-state index in [-0.39, 0.29) is 18.5 Å². The Hall–Kier alpha value is -3.09. The average molecular weight is 322 g/mol. The molecule has 24 heavy (non-hydrogen) atoms. The number of nitrogens with one attached hydrogen (secondary N) is 1. The predicted octanol–water partition coefficient (Wildman–Crippen LogP) is 1.48. The van der Waals surface area contributed by atoms with Crippen LogP contribution in [0.3, 0.4) is 0 Å². The van der Waals surface area contributed by atoms with Gasteiger partial charge in [0.05, 0.1) is 11.7 Å². The highest BCUT2D eigenvalue weighted by atomic mass is 16.2. The second kappa shape index (κ2) is 7.45. The molecule has 122 valence electrons. The smallest absolute Gasteiger partial charge is 0.242 e. The van der Waals surface area contributed by atoms with Gasteiger partial charge in [0, 0.05) is 6.20 Å². The van der Waals surface area contributed by atoms with E-state index in [4.69, 9.17) is 0 Å². The fraction of sp³-hybridized carbons (Fsp3) is 0.235. The summed E-state index contributed by atoms with van der Waals surface area (Å²) in [6.07, 6.45) is 3.80. The first kappa shape index (κ1) is 15.8. The summed E-state index contributed by atoms with van der Waals surface area (Å²) in [4.78, 5) is 16.7. The quantitative estimate of drug-likeness (QED) is 0.743. The Morgan fingerprint density at radius 1 is 1.21 bits per heavy atom. The summed E-state index contributed by atoms with van der Waals surface area (Å²) >= 11 is 0. The maximum Gasteiger partial charge on any atom is 0.242 e. The molecule has 0 radical (unpaired) electrons. The summed E-state index contributed by atoms with van der Waals surface area (Å²) in [7, 11) is 0. The number of aromatic nitrogens is 5. The van der Waals surface area contributed by atoms with E-state index in [1.807, 2.05) is 25.1 Å². The van der Waals surface area contributed by atoms with Crippen molar-refractivity contribution in [1.29, 1.82) is 0 Å². The van der Waals surface area contributed by atoms with Crippen molar-refractivity contribution in [2.75, 3.05) is 0 Å². The molecule has 0 aliphatic heterocycles. The van der Waals surface area contributed by atoms with E-state index in [0.29, 0.717) is 6.42 Å².